The van der Waals surface area contributed by atoms with Crippen molar-refractivity contribution < 1.29 is 4.74 Å². The SMILES string of the molecule is C=C1c2ccccc2OCCN1C.CC. The van der Waals surface area contributed by atoms with Gasteiger partial charge in [-0.15, -0.1) is 0 Å². The van der Waals surface area contributed by atoms with Gasteiger partial charge in [0.1, 0.15) is 12.4 Å². The summed E-state index contributed by atoms with van der Waals surface area (Å²) < 4.78 is 5.59. The molecule has 0 aliphatic carbocycles. The molecule has 0 atom stereocenters. The maximum Gasteiger partial charge on any atom is 0.128 e. The van der Waals surface area contributed by atoms with Crippen LogP contribution < -0.4 is 4.74 Å². The van der Waals surface area contributed by atoms with Crippen LogP contribution in [-0.2, 0) is 0 Å². The van der Waals surface area contributed by atoms with E-state index in [0.717, 1.165) is 30.2 Å². The lowest BCUT2D eigenvalue weighted by Gasteiger charge is -2.17. The van der Waals surface area contributed by atoms with E-state index < -0.39 is 0 Å². The van der Waals surface area contributed by atoms with Crippen LogP contribution in [0.4, 0.5) is 0 Å². The van der Waals surface area contributed by atoms with E-state index in [1.165, 1.54) is 0 Å². The lowest BCUT2D eigenvalue weighted by atomic mass is 10.1. The number of benzene rings is 1. The van der Waals surface area contributed by atoms with Crippen LogP contribution in [-0.4, -0.2) is 25.1 Å². The average molecular weight is 205 g/mol. The predicted molar refractivity (Wildman–Crippen MR) is 64.9 cm³/mol. The van der Waals surface area contributed by atoms with E-state index in [9.17, 15) is 0 Å². The highest BCUT2D eigenvalue weighted by Gasteiger charge is 2.14. The minimum Gasteiger partial charge on any atom is -0.491 e. The van der Waals surface area contributed by atoms with Gasteiger partial charge in [0.15, 0.2) is 0 Å². The summed E-state index contributed by atoms with van der Waals surface area (Å²) in [5.74, 6) is 0.942. The van der Waals surface area contributed by atoms with Gasteiger partial charge in [0.05, 0.1) is 6.54 Å². The lowest BCUT2D eigenvalue weighted by molar-refractivity contribution is 0.291. The van der Waals surface area contributed by atoms with Crippen LogP contribution >= 0.6 is 0 Å². The van der Waals surface area contributed by atoms with Gasteiger partial charge in [-0.05, 0) is 12.1 Å². The molecule has 82 valence electrons. The van der Waals surface area contributed by atoms with Crippen LogP contribution in [0, 0.1) is 0 Å². The van der Waals surface area contributed by atoms with Crippen LogP contribution in [0.5, 0.6) is 5.75 Å². The molecular formula is C13H19NO. The van der Waals surface area contributed by atoms with E-state index in [0.29, 0.717) is 0 Å². The van der Waals surface area contributed by atoms with Gasteiger partial charge in [-0.3, -0.25) is 0 Å². The highest BCUT2D eigenvalue weighted by Crippen LogP contribution is 2.28. The Balaban J connectivity index is 0.000000531. The smallest absolute Gasteiger partial charge is 0.128 e. The van der Waals surface area contributed by atoms with Gasteiger partial charge in [-0.25, -0.2) is 0 Å². The molecule has 2 nitrogen and oxygen atoms in total. The number of fused-ring (bicyclic) bond motifs is 1. The molecule has 0 unspecified atom stereocenters. The monoisotopic (exact) mass is 205 g/mol. The van der Waals surface area contributed by atoms with Gasteiger partial charge < -0.3 is 9.64 Å². The summed E-state index contributed by atoms with van der Waals surface area (Å²) in [6.45, 7) is 9.67. The van der Waals surface area contributed by atoms with E-state index >= 15 is 0 Å². The minimum absolute atomic E-state index is 0.729. The number of nitrogens with zero attached hydrogens (tertiary/aromatic N) is 1. The standard InChI is InChI=1S/C11H13NO.C2H6/c1-9-10-5-3-4-6-11(10)13-8-7-12(9)2;1-2/h3-6H,1,7-8H2,2H3;1-2H3. The molecular weight excluding hydrogens is 186 g/mol. The van der Waals surface area contributed by atoms with Crippen LogP contribution in [0.3, 0.4) is 0 Å². The fraction of sp³-hybridized carbons (Fsp3) is 0.385. The Kier molecular flexibility index (Phi) is 4.22. The van der Waals surface area contributed by atoms with E-state index in [1.54, 1.807) is 0 Å². The third kappa shape index (κ3) is 2.52. The van der Waals surface area contributed by atoms with Gasteiger partial charge >= 0.3 is 0 Å². The molecule has 0 fully saturated rings. The Labute approximate surface area is 92.2 Å². The normalized spacial score (nSPS) is 14.3. The second-order valence-corrected chi connectivity index (χ2v) is 3.21. The molecule has 1 aliphatic heterocycles. The van der Waals surface area contributed by atoms with E-state index in [1.807, 2.05) is 45.2 Å². The van der Waals surface area contributed by atoms with Crippen molar-refractivity contribution in [3.8, 4) is 5.75 Å². The highest BCUT2D eigenvalue weighted by atomic mass is 16.5. The molecule has 0 aromatic heterocycles. The molecule has 0 spiro atoms. The van der Waals surface area contributed by atoms with Crippen molar-refractivity contribution in [2.45, 2.75) is 13.8 Å². The zero-order valence-corrected chi connectivity index (χ0v) is 9.79. The second kappa shape index (κ2) is 5.44. The summed E-state index contributed by atoms with van der Waals surface area (Å²) in [7, 11) is 2.04. The lowest BCUT2D eigenvalue weighted by Crippen LogP contribution is -2.19. The summed E-state index contributed by atoms with van der Waals surface area (Å²) in [5.41, 5.74) is 2.13. The van der Waals surface area contributed by atoms with Crippen molar-refractivity contribution in [2.24, 2.45) is 0 Å². The summed E-state index contributed by atoms with van der Waals surface area (Å²) in [6.07, 6.45) is 0. The van der Waals surface area contributed by atoms with Crippen LogP contribution in [0.25, 0.3) is 5.70 Å². The Morgan fingerprint density at radius 1 is 1.27 bits per heavy atom. The van der Waals surface area contributed by atoms with Crippen molar-refractivity contribution in [3.05, 3.63) is 36.4 Å². The van der Waals surface area contributed by atoms with Gasteiger partial charge in [0.25, 0.3) is 0 Å². The minimum atomic E-state index is 0.729. The molecule has 0 amide bonds. The molecule has 0 radical (unpaired) electrons. The topological polar surface area (TPSA) is 12.5 Å². The number of hydrogen-bond acceptors (Lipinski definition) is 2. The molecule has 1 aliphatic rings. The van der Waals surface area contributed by atoms with E-state index in [4.69, 9.17) is 4.74 Å². The maximum atomic E-state index is 5.59. The quantitative estimate of drug-likeness (QED) is 0.645. The fourth-order valence-electron chi connectivity index (χ4n) is 1.46. The van der Waals surface area contributed by atoms with Crippen molar-refractivity contribution in [2.75, 3.05) is 20.2 Å². The molecule has 2 heteroatoms. The van der Waals surface area contributed by atoms with Gasteiger partial charge in [0, 0.05) is 18.3 Å². The molecule has 15 heavy (non-hydrogen) atoms. The van der Waals surface area contributed by atoms with Crippen LogP contribution in [0.2, 0.25) is 0 Å². The number of ether oxygens (including phenoxy) is 1. The predicted octanol–water partition coefficient (Wildman–Crippen LogP) is 3.01. The first-order valence-electron chi connectivity index (χ1n) is 5.41. The third-order valence-corrected chi connectivity index (χ3v) is 2.34. The van der Waals surface area contributed by atoms with Crippen LogP contribution in [0.1, 0.15) is 19.4 Å². The Morgan fingerprint density at radius 2 is 1.93 bits per heavy atom. The summed E-state index contributed by atoms with van der Waals surface area (Å²) in [4.78, 5) is 2.12. The number of likely N-dealkylation sites (N-methyl/N-ethyl adjacent to an activating group) is 1. The molecule has 0 saturated heterocycles. The zero-order valence-electron chi connectivity index (χ0n) is 9.79. The van der Waals surface area contributed by atoms with Crippen molar-refractivity contribution in [1.29, 1.82) is 0 Å². The fourth-order valence-corrected chi connectivity index (χ4v) is 1.46. The molecule has 0 bridgehead atoms. The average Bonchev–Trinajstić information content (AvgIpc) is 2.44. The van der Waals surface area contributed by atoms with E-state index in [-0.39, 0.29) is 0 Å². The first-order chi connectivity index (χ1) is 7.29. The Morgan fingerprint density at radius 3 is 2.67 bits per heavy atom. The summed E-state index contributed by atoms with van der Waals surface area (Å²) >= 11 is 0. The first-order valence-corrected chi connectivity index (χ1v) is 5.41. The highest BCUT2D eigenvalue weighted by molar-refractivity contribution is 5.67. The number of rotatable bonds is 0. The molecule has 2 rings (SSSR count). The third-order valence-electron chi connectivity index (χ3n) is 2.34. The molecule has 0 N–H and O–H groups in total. The molecule has 1 heterocycles. The molecule has 1 aromatic carbocycles. The largest absolute Gasteiger partial charge is 0.491 e. The zero-order chi connectivity index (χ0) is 11.3. The summed E-state index contributed by atoms with van der Waals surface area (Å²) in [6, 6.07) is 8.02. The molecule has 0 saturated carbocycles. The second-order valence-electron chi connectivity index (χ2n) is 3.21. The van der Waals surface area contributed by atoms with Crippen LogP contribution in [0.15, 0.2) is 30.8 Å². The molecule has 1 aromatic rings. The van der Waals surface area contributed by atoms with Gasteiger partial charge in [-0.1, -0.05) is 32.6 Å². The Bertz CT molecular complexity index is 333. The number of para-hydroxylation sites is 1. The van der Waals surface area contributed by atoms with Crippen molar-refractivity contribution >= 4 is 5.70 Å². The van der Waals surface area contributed by atoms with Crippen molar-refractivity contribution in [3.63, 3.8) is 0 Å². The van der Waals surface area contributed by atoms with E-state index in [2.05, 4.69) is 11.5 Å². The maximum absolute atomic E-state index is 5.59. The van der Waals surface area contributed by atoms with Gasteiger partial charge in [-0.2, -0.15) is 0 Å². The van der Waals surface area contributed by atoms with Gasteiger partial charge in [0.2, 0.25) is 0 Å². The number of hydrogen-bond donors (Lipinski definition) is 0. The Hall–Kier alpha value is -1.44. The first kappa shape index (κ1) is 11.6. The summed E-state index contributed by atoms with van der Waals surface area (Å²) in [5, 5.41) is 0. The van der Waals surface area contributed by atoms with Crippen molar-refractivity contribution in [1.82, 2.24) is 4.90 Å².